The zero-order chi connectivity index (χ0) is 15.2. The van der Waals surface area contributed by atoms with Crippen LogP contribution in [0.25, 0.3) is 0 Å². The average Bonchev–Trinajstić information content (AvgIpc) is 2.47. The van der Waals surface area contributed by atoms with Gasteiger partial charge in [0.25, 0.3) is 0 Å². The molecule has 0 saturated carbocycles. The summed E-state index contributed by atoms with van der Waals surface area (Å²) in [5.74, 6) is -1.63. The molecule has 0 heterocycles. The molecule has 110 valence electrons. The third-order valence-electron chi connectivity index (χ3n) is 2.87. The monoisotopic (exact) mass is 291 g/mol. The second kappa shape index (κ2) is 6.83. The second-order valence-electron chi connectivity index (χ2n) is 4.39. The quantitative estimate of drug-likeness (QED) is 0.853. The molecule has 2 rings (SSSR count). The highest BCUT2D eigenvalue weighted by molar-refractivity contribution is 5.90. The summed E-state index contributed by atoms with van der Waals surface area (Å²) < 4.78 is 31.2. The molecule has 0 bridgehead atoms. The van der Waals surface area contributed by atoms with Crippen molar-refractivity contribution in [3.05, 3.63) is 65.2 Å². The lowest BCUT2D eigenvalue weighted by Gasteiger charge is -2.09. The van der Waals surface area contributed by atoms with Gasteiger partial charge in [0.05, 0.1) is 12.2 Å². The van der Waals surface area contributed by atoms with Gasteiger partial charge in [0.15, 0.2) is 0 Å². The first-order valence-electron chi connectivity index (χ1n) is 6.55. The van der Waals surface area contributed by atoms with Gasteiger partial charge in [0.2, 0.25) is 0 Å². The fraction of sp³-hybridized carbons (Fsp3) is 0.188. The van der Waals surface area contributed by atoms with Crippen LogP contribution >= 0.6 is 0 Å². The van der Waals surface area contributed by atoms with Gasteiger partial charge in [-0.05, 0) is 31.2 Å². The van der Waals surface area contributed by atoms with Crippen LogP contribution in [0.3, 0.4) is 0 Å². The smallest absolute Gasteiger partial charge is 0.338 e. The van der Waals surface area contributed by atoms with Crippen LogP contribution in [0.15, 0.2) is 42.5 Å². The van der Waals surface area contributed by atoms with Gasteiger partial charge in [-0.2, -0.15) is 0 Å². The van der Waals surface area contributed by atoms with Gasteiger partial charge >= 0.3 is 5.97 Å². The number of anilines is 1. The van der Waals surface area contributed by atoms with Crippen molar-refractivity contribution < 1.29 is 18.3 Å². The lowest BCUT2D eigenvalue weighted by atomic mass is 10.1. The minimum atomic E-state index is -0.611. The molecule has 0 saturated heterocycles. The number of nitrogens with one attached hydrogen (secondary N) is 1. The van der Waals surface area contributed by atoms with E-state index in [1.807, 2.05) is 0 Å². The van der Waals surface area contributed by atoms with E-state index in [0.29, 0.717) is 23.4 Å². The van der Waals surface area contributed by atoms with Crippen molar-refractivity contribution >= 4 is 11.7 Å². The van der Waals surface area contributed by atoms with Gasteiger partial charge in [0.1, 0.15) is 11.6 Å². The molecule has 5 heteroatoms. The Kier molecular flexibility index (Phi) is 4.87. The van der Waals surface area contributed by atoms with Gasteiger partial charge in [-0.15, -0.1) is 0 Å². The van der Waals surface area contributed by atoms with E-state index in [9.17, 15) is 13.6 Å². The molecule has 0 aliphatic carbocycles. The molecular weight excluding hydrogens is 276 g/mol. The lowest BCUT2D eigenvalue weighted by Crippen LogP contribution is -2.06. The molecule has 0 spiro atoms. The van der Waals surface area contributed by atoms with E-state index < -0.39 is 17.6 Å². The van der Waals surface area contributed by atoms with Crippen LogP contribution in [0.1, 0.15) is 22.8 Å². The van der Waals surface area contributed by atoms with Gasteiger partial charge < -0.3 is 10.1 Å². The first-order valence-corrected chi connectivity index (χ1v) is 6.55. The highest BCUT2D eigenvalue weighted by Crippen LogP contribution is 2.15. The van der Waals surface area contributed by atoms with E-state index in [0.717, 1.165) is 6.07 Å². The summed E-state index contributed by atoms with van der Waals surface area (Å²) in [7, 11) is 0. The fourth-order valence-corrected chi connectivity index (χ4v) is 1.83. The van der Waals surface area contributed by atoms with E-state index >= 15 is 0 Å². The Balaban J connectivity index is 2.06. The van der Waals surface area contributed by atoms with Crippen LogP contribution < -0.4 is 5.32 Å². The van der Waals surface area contributed by atoms with Crippen LogP contribution in [-0.2, 0) is 11.3 Å². The summed E-state index contributed by atoms with van der Waals surface area (Å²) in [5, 5.41) is 2.99. The highest BCUT2D eigenvalue weighted by atomic mass is 19.1. The average molecular weight is 291 g/mol. The first-order chi connectivity index (χ1) is 10.1. The summed E-state index contributed by atoms with van der Waals surface area (Å²) in [6.45, 7) is 2.23. The predicted octanol–water partition coefficient (Wildman–Crippen LogP) is 3.75. The molecule has 0 atom stereocenters. The zero-order valence-electron chi connectivity index (χ0n) is 11.5. The minimum Gasteiger partial charge on any atom is -0.462 e. The number of rotatable bonds is 5. The Morgan fingerprint density at radius 1 is 1.19 bits per heavy atom. The largest absolute Gasteiger partial charge is 0.462 e. The van der Waals surface area contributed by atoms with Gasteiger partial charge in [-0.25, -0.2) is 13.6 Å². The van der Waals surface area contributed by atoms with Gasteiger partial charge in [-0.3, -0.25) is 0 Å². The van der Waals surface area contributed by atoms with Crippen LogP contribution in [-0.4, -0.2) is 12.6 Å². The van der Waals surface area contributed by atoms with Crippen LogP contribution in [0.4, 0.5) is 14.5 Å². The number of esters is 1. The number of carbonyl (C=O) groups is 1. The SMILES string of the molecule is CCOC(=O)c1cccc(NCc2ccc(F)cc2F)c1. The molecular formula is C16H15F2NO2. The number of carbonyl (C=O) groups excluding carboxylic acids is 1. The molecule has 0 aliphatic heterocycles. The summed E-state index contributed by atoms with van der Waals surface area (Å²) in [6, 6.07) is 10.1. The van der Waals surface area contributed by atoms with Gasteiger partial charge in [-0.1, -0.05) is 12.1 Å². The fourth-order valence-electron chi connectivity index (χ4n) is 1.83. The van der Waals surface area contributed by atoms with E-state index in [-0.39, 0.29) is 6.54 Å². The van der Waals surface area contributed by atoms with Crippen molar-refractivity contribution in [1.29, 1.82) is 0 Å². The summed E-state index contributed by atoms with van der Waals surface area (Å²) in [4.78, 5) is 11.6. The Morgan fingerprint density at radius 2 is 2.00 bits per heavy atom. The third kappa shape index (κ3) is 4.02. The zero-order valence-corrected chi connectivity index (χ0v) is 11.5. The molecule has 0 aromatic heterocycles. The van der Waals surface area contributed by atoms with Crippen molar-refractivity contribution in [2.75, 3.05) is 11.9 Å². The molecule has 2 aromatic rings. The van der Waals surface area contributed by atoms with Crippen molar-refractivity contribution in [1.82, 2.24) is 0 Å². The summed E-state index contributed by atoms with van der Waals surface area (Å²) >= 11 is 0. The maximum absolute atomic E-state index is 13.5. The summed E-state index contributed by atoms with van der Waals surface area (Å²) in [5.41, 5.74) is 1.42. The van der Waals surface area contributed by atoms with Crippen molar-refractivity contribution in [3.8, 4) is 0 Å². The molecule has 0 radical (unpaired) electrons. The topological polar surface area (TPSA) is 38.3 Å². The normalized spacial score (nSPS) is 10.2. The minimum absolute atomic E-state index is 0.193. The van der Waals surface area contributed by atoms with E-state index in [2.05, 4.69) is 5.32 Å². The molecule has 0 aliphatic rings. The van der Waals surface area contributed by atoms with E-state index in [4.69, 9.17) is 4.74 Å². The molecule has 21 heavy (non-hydrogen) atoms. The maximum Gasteiger partial charge on any atom is 0.338 e. The molecule has 0 amide bonds. The van der Waals surface area contributed by atoms with Crippen LogP contribution in [0.2, 0.25) is 0 Å². The van der Waals surface area contributed by atoms with Crippen LogP contribution in [0.5, 0.6) is 0 Å². The predicted molar refractivity (Wildman–Crippen MR) is 76.1 cm³/mol. The van der Waals surface area contributed by atoms with Crippen molar-refractivity contribution in [3.63, 3.8) is 0 Å². The Hall–Kier alpha value is -2.43. The van der Waals surface area contributed by atoms with Gasteiger partial charge in [0, 0.05) is 23.9 Å². The molecule has 2 aromatic carbocycles. The van der Waals surface area contributed by atoms with Crippen molar-refractivity contribution in [2.45, 2.75) is 13.5 Å². The molecule has 1 N–H and O–H groups in total. The highest BCUT2D eigenvalue weighted by Gasteiger charge is 2.07. The molecule has 0 unspecified atom stereocenters. The number of hydrogen-bond donors (Lipinski definition) is 1. The lowest BCUT2D eigenvalue weighted by molar-refractivity contribution is 0.0526. The Bertz CT molecular complexity index is 644. The standard InChI is InChI=1S/C16H15F2NO2/c1-2-21-16(20)11-4-3-5-14(8-11)19-10-12-6-7-13(17)9-15(12)18/h3-9,19H,2,10H2,1H3. The Morgan fingerprint density at radius 3 is 2.71 bits per heavy atom. The number of halogens is 2. The summed E-state index contributed by atoms with van der Waals surface area (Å²) in [6.07, 6.45) is 0. The molecule has 0 fully saturated rings. The number of ether oxygens (including phenoxy) is 1. The van der Waals surface area contributed by atoms with E-state index in [1.165, 1.54) is 12.1 Å². The van der Waals surface area contributed by atoms with Crippen LogP contribution in [0, 0.1) is 11.6 Å². The molecule has 3 nitrogen and oxygen atoms in total. The van der Waals surface area contributed by atoms with E-state index in [1.54, 1.807) is 31.2 Å². The second-order valence-corrected chi connectivity index (χ2v) is 4.39. The number of hydrogen-bond acceptors (Lipinski definition) is 3. The number of benzene rings is 2. The third-order valence-corrected chi connectivity index (χ3v) is 2.87. The Labute approximate surface area is 121 Å². The van der Waals surface area contributed by atoms with Crippen molar-refractivity contribution in [2.24, 2.45) is 0 Å². The first kappa shape index (κ1) is 15.0. The maximum atomic E-state index is 13.5.